The van der Waals surface area contributed by atoms with Crippen LogP contribution in [0.25, 0.3) is 10.9 Å². The molecule has 1 aromatic heterocycles. The van der Waals surface area contributed by atoms with Crippen molar-refractivity contribution in [2.45, 2.75) is 6.54 Å². The highest BCUT2D eigenvalue weighted by molar-refractivity contribution is 6.30. The van der Waals surface area contributed by atoms with E-state index in [0.717, 1.165) is 24.4 Å². The summed E-state index contributed by atoms with van der Waals surface area (Å²) in [5.41, 5.74) is 1.34. The average molecular weight is 397 g/mol. The van der Waals surface area contributed by atoms with E-state index in [1.807, 2.05) is 23.1 Å². The Balaban J connectivity index is 1.44. The number of hydrogen-bond donors (Lipinski definition) is 0. The van der Waals surface area contributed by atoms with Gasteiger partial charge in [-0.3, -0.25) is 19.1 Å². The standard InChI is InChI=1S/C21H21ClN4O2/c1-24-19(23-18-5-3-2-4-17(18)21(24)28)14-25-10-12-26(13-11-25)20(27)15-6-8-16(22)9-7-15/h2-9H,10-14H2,1H3. The predicted molar refractivity (Wildman–Crippen MR) is 110 cm³/mol. The fraction of sp³-hybridized carbons (Fsp3) is 0.286. The molecule has 0 aliphatic carbocycles. The first-order chi connectivity index (χ1) is 13.5. The molecule has 3 aromatic rings. The molecule has 2 heterocycles. The first kappa shape index (κ1) is 18.7. The highest BCUT2D eigenvalue weighted by Gasteiger charge is 2.23. The Kier molecular flexibility index (Phi) is 5.15. The van der Waals surface area contributed by atoms with E-state index in [1.54, 1.807) is 41.9 Å². The van der Waals surface area contributed by atoms with Gasteiger partial charge in [-0.05, 0) is 36.4 Å². The highest BCUT2D eigenvalue weighted by Crippen LogP contribution is 2.14. The maximum atomic E-state index is 12.6. The van der Waals surface area contributed by atoms with Gasteiger partial charge in [0.1, 0.15) is 5.82 Å². The van der Waals surface area contributed by atoms with Crippen LogP contribution in [-0.4, -0.2) is 51.4 Å². The molecule has 0 saturated carbocycles. The molecule has 2 aromatic carbocycles. The zero-order chi connectivity index (χ0) is 19.7. The van der Waals surface area contributed by atoms with Crippen LogP contribution in [0.4, 0.5) is 0 Å². The van der Waals surface area contributed by atoms with Crippen molar-refractivity contribution >= 4 is 28.4 Å². The summed E-state index contributed by atoms with van der Waals surface area (Å²) in [5.74, 6) is 0.758. The van der Waals surface area contributed by atoms with Crippen molar-refractivity contribution in [2.75, 3.05) is 26.2 Å². The number of fused-ring (bicyclic) bond motifs is 1. The molecular formula is C21H21ClN4O2. The number of nitrogens with zero attached hydrogens (tertiary/aromatic N) is 4. The number of rotatable bonds is 3. The minimum Gasteiger partial charge on any atom is -0.336 e. The Morgan fingerprint density at radius 3 is 2.43 bits per heavy atom. The van der Waals surface area contributed by atoms with E-state index in [4.69, 9.17) is 11.6 Å². The Bertz CT molecular complexity index is 1070. The van der Waals surface area contributed by atoms with Crippen molar-refractivity contribution < 1.29 is 4.79 Å². The number of aromatic nitrogens is 2. The lowest BCUT2D eigenvalue weighted by molar-refractivity contribution is 0.0624. The van der Waals surface area contributed by atoms with Crippen molar-refractivity contribution in [3.05, 3.63) is 75.3 Å². The van der Waals surface area contributed by atoms with E-state index in [0.29, 0.717) is 35.6 Å². The lowest BCUT2D eigenvalue weighted by atomic mass is 10.2. The number of para-hydroxylation sites is 1. The van der Waals surface area contributed by atoms with Gasteiger partial charge in [-0.15, -0.1) is 0 Å². The summed E-state index contributed by atoms with van der Waals surface area (Å²) in [5, 5.41) is 1.25. The van der Waals surface area contributed by atoms with Crippen molar-refractivity contribution in [1.82, 2.24) is 19.4 Å². The molecule has 7 heteroatoms. The molecule has 1 amide bonds. The zero-order valence-electron chi connectivity index (χ0n) is 15.6. The maximum Gasteiger partial charge on any atom is 0.261 e. The number of carbonyl (C=O) groups is 1. The first-order valence-electron chi connectivity index (χ1n) is 9.25. The molecule has 1 aliphatic heterocycles. The molecular weight excluding hydrogens is 376 g/mol. The quantitative estimate of drug-likeness (QED) is 0.682. The molecule has 28 heavy (non-hydrogen) atoms. The van der Waals surface area contributed by atoms with E-state index in [9.17, 15) is 9.59 Å². The van der Waals surface area contributed by atoms with E-state index < -0.39 is 0 Å². The third-order valence-electron chi connectivity index (χ3n) is 5.19. The van der Waals surface area contributed by atoms with Gasteiger partial charge in [-0.2, -0.15) is 0 Å². The molecule has 0 bridgehead atoms. The zero-order valence-corrected chi connectivity index (χ0v) is 16.4. The van der Waals surface area contributed by atoms with Gasteiger partial charge in [-0.25, -0.2) is 4.98 Å². The molecule has 1 saturated heterocycles. The number of amides is 1. The topological polar surface area (TPSA) is 58.4 Å². The van der Waals surface area contributed by atoms with Gasteiger partial charge in [0.2, 0.25) is 0 Å². The highest BCUT2D eigenvalue weighted by atomic mass is 35.5. The Labute approximate surface area is 168 Å². The largest absolute Gasteiger partial charge is 0.336 e. The van der Waals surface area contributed by atoms with Crippen LogP contribution in [0.2, 0.25) is 5.02 Å². The van der Waals surface area contributed by atoms with Crippen LogP contribution in [0.1, 0.15) is 16.2 Å². The van der Waals surface area contributed by atoms with Gasteiger partial charge in [-0.1, -0.05) is 23.7 Å². The summed E-state index contributed by atoms with van der Waals surface area (Å²) < 4.78 is 1.62. The average Bonchev–Trinajstić information content (AvgIpc) is 2.72. The summed E-state index contributed by atoms with van der Waals surface area (Å²) in [6, 6.07) is 14.4. The van der Waals surface area contributed by atoms with Gasteiger partial charge in [0.05, 0.1) is 17.4 Å². The molecule has 1 aliphatic rings. The Hall–Kier alpha value is -2.70. The maximum absolute atomic E-state index is 12.6. The van der Waals surface area contributed by atoms with Crippen LogP contribution in [-0.2, 0) is 13.6 Å². The summed E-state index contributed by atoms with van der Waals surface area (Å²) in [4.78, 5) is 33.9. The lowest BCUT2D eigenvalue weighted by Crippen LogP contribution is -2.48. The molecule has 0 radical (unpaired) electrons. The molecule has 144 valence electrons. The summed E-state index contributed by atoms with van der Waals surface area (Å²) in [6.45, 7) is 3.34. The van der Waals surface area contributed by atoms with Crippen molar-refractivity contribution in [2.24, 2.45) is 7.05 Å². The third-order valence-corrected chi connectivity index (χ3v) is 5.44. The molecule has 1 fully saturated rings. The normalized spacial score (nSPS) is 15.1. The van der Waals surface area contributed by atoms with Crippen LogP contribution >= 0.6 is 11.6 Å². The summed E-state index contributed by atoms with van der Waals surface area (Å²) in [7, 11) is 1.76. The molecule has 0 N–H and O–H groups in total. The Morgan fingerprint density at radius 1 is 1.04 bits per heavy atom. The van der Waals surface area contributed by atoms with E-state index in [2.05, 4.69) is 9.88 Å². The molecule has 4 rings (SSSR count). The van der Waals surface area contributed by atoms with Crippen LogP contribution in [0.5, 0.6) is 0 Å². The number of piperazine rings is 1. The fourth-order valence-corrected chi connectivity index (χ4v) is 3.62. The number of hydrogen-bond acceptors (Lipinski definition) is 4. The van der Waals surface area contributed by atoms with Crippen LogP contribution in [0.3, 0.4) is 0 Å². The monoisotopic (exact) mass is 396 g/mol. The van der Waals surface area contributed by atoms with Gasteiger partial charge in [0.25, 0.3) is 11.5 Å². The van der Waals surface area contributed by atoms with Crippen LogP contribution in [0, 0.1) is 0 Å². The Morgan fingerprint density at radius 2 is 1.71 bits per heavy atom. The molecule has 0 unspecified atom stereocenters. The molecule has 6 nitrogen and oxygen atoms in total. The van der Waals surface area contributed by atoms with E-state index >= 15 is 0 Å². The second kappa shape index (κ2) is 7.73. The second-order valence-corrected chi connectivity index (χ2v) is 7.42. The number of halogens is 1. The predicted octanol–water partition coefficient (Wildman–Crippen LogP) is 2.54. The van der Waals surface area contributed by atoms with Crippen LogP contribution < -0.4 is 5.56 Å². The van der Waals surface area contributed by atoms with Gasteiger partial charge >= 0.3 is 0 Å². The third kappa shape index (κ3) is 3.66. The lowest BCUT2D eigenvalue weighted by Gasteiger charge is -2.34. The first-order valence-corrected chi connectivity index (χ1v) is 9.62. The van der Waals surface area contributed by atoms with E-state index in [-0.39, 0.29) is 11.5 Å². The second-order valence-electron chi connectivity index (χ2n) is 6.98. The molecule has 0 spiro atoms. The number of carbonyl (C=O) groups excluding carboxylic acids is 1. The van der Waals surface area contributed by atoms with Gasteiger partial charge < -0.3 is 4.90 Å². The number of benzene rings is 2. The molecule has 0 atom stereocenters. The van der Waals surface area contributed by atoms with Gasteiger partial charge in [0.15, 0.2) is 0 Å². The SMILES string of the molecule is Cn1c(CN2CCN(C(=O)c3ccc(Cl)cc3)CC2)nc2ccccc2c1=O. The van der Waals surface area contributed by atoms with Crippen molar-refractivity contribution in [1.29, 1.82) is 0 Å². The van der Waals surface area contributed by atoms with Crippen molar-refractivity contribution in [3.63, 3.8) is 0 Å². The van der Waals surface area contributed by atoms with Crippen LogP contribution in [0.15, 0.2) is 53.3 Å². The minimum absolute atomic E-state index is 0.0209. The van der Waals surface area contributed by atoms with E-state index in [1.165, 1.54) is 0 Å². The minimum atomic E-state index is -0.0304. The fourth-order valence-electron chi connectivity index (χ4n) is 3.49. The summed E-state index contributed by atoms with van der Waals surface area (Å²) in [6.07, 6.45) is 0. The summed E-state index contributed by atoms with van der Waals surface area (Å²) >= 11 is 5.90. The smallest absolute Gasteiger partial charge is 0.261 e. The van der Waals surface area contributed by atoms with Gasteiger partial charge in [0, 0.05) is 43.8 Å². The van der Waals surface area contributed by atoms with Crippen molar-refractivity contribution in [3.8, 4) is 0 Å².